The van der Waals surface area contributed by atoms with Gasteiger partial charge in [0.1, 0.15) is 5.69 Å². The zero-order valence-electron chi connectivity index (χ0n) is 16.9. The summed E-state index contributed by atoms with van der Waals surface area (Å²) in [5.74, 6) is -2.70. The molecule has 0 saturated carbocycles. The first-order valence-corrected chi connectivity index (χ1v) is 9.69. The van der Waals surface area contributed by atoms with Crippen LogP contribution in [0.3, 0.4) is 0 Å². The Morgan fingerprint density at radius 1 is 1.42 bits per heavy atom. The highest BCUT2D eigenvalue weighted by molar-refractivity contribution is 6.30. The van der Waals surface area contributed by atoms with Gasteiger partial charge in [-0.1, -0.05) is 18.5 Å². The number of pyridine rings is 1. The second kappa shape index (κ2) is 8.03. The lowest BCUT2D eigenvalue weighted by Gasteiger charge is -2.45. The van der Waals surface area contributed by atoms with Gasteiger partial charge < -0.3 is 20.7 Å². The number of alkyl halides is 3. The number of hydrogen-bond donors (Lipinski definition) is 2. The third-order valence-electron chi connectivity index (χ3n) is 5.42. The number of hydrogen-bond acceptors (Lipinski definition) is 6. The van der Waals surface area contributed by atoms with E-state index in [1.165, 1.54) is 43.4 Å². The van der Waals surface area contributed by atoms with Crippen molar-refractivity contribution in [2.45, 2.75) is 38.1 Å². The Labute approximate surface area is 181 Å². The van der Waals surface area contributed by atoms with Crippen LogP contribution in [0.15, 0.2) is 35.2 Å². The third kappa shape index (κ3) is 4.60. The van der Waals surface area contributed by atoms with Crippen LogP contribution in [0.5, 0.6) is 0 Å². The van der Waals surface area contributed by atoms with Gasteiger partial charge in [0.05, 0.1) is 16.5 Å². The molecule has 2 unspecified atom stereocenters. The van der Waals surface area contributed by atoms with Crippen LogP contribution >= 0.6 is 11.6 Å². The zero-order valence-corrected chi connectivity index (χ0v) is 17.7. The molecule has 1 aromatic rings. The number of nitrogens with zero attached hydrogens (tertiary/aromatic N) is 3. The summed E-state index contributed by atoms with van der Waals surface area (Å²) in [6.07, 6.45) is -4.73. The van der Waals surface area contributed by atoms with E-state index in [0.717, 1.165) is 0 Å². The monoisotopic (exact) mass is 459 g/mol. The molecule has 2 aliphatic rings. The maximum absolute atomic E-state index is 13.3. The number of rotatable bonds is 3. The van der Waals surface area contributed by atoms with Crippen molar-refractivity contribution in [2.24, 2.45) is 22.6 Å². The fourth-order valence-corrected chi connectivity index (χ4v) is 4.04. The number of amides is 2. The van der Waals surface area contributed by atoms with Gasteiger partial charge in [-0.25, -0.2) is 9.98 Å². The van der Waals surface area contributed by atoms with Crippen molar-refractivity contribution in [2.75, 3.05) is 7.05 Å². The highest BCUT2D eigenvalue weighted by Crippen LogP contribution is 2.43. The molecule has 1 aromatic heterocycles. The number of carbonyl (C=O) groups excluding carboxylic acids is 2. The van der Waals surface area contributed by atoms with Gasteiger partial charge in [0.25, 0.3) is 11.9 Å². The van der Waals surface area contributed by atoms with Crippen LogP contribution in [0.25, 0.3) is 0 Å². The van der Waals surface area contributed by atoms with Gasteiger partial charge in [0.2, 0.25) is 5.91 Å². The quantitative estimate of drug-likeness (QED) is 0.721. The van der Waals surface area contributed by atoms with Crippen molar-refractivity contribution in [3.63, 3.8) is 0 Å². The highest BCUT2D eigenvalue weighted by Gasteiger charge is 2.55. The van der Waals surface area contributed by atoms with Crippen molar-refractivity contribution < 1.29 is 27.5 Å². The largest absolute Gasteiger partial charge is 0.452 e. The Kier molecular flexibility index (Phi) is 5.92. The van der Waals surface area contributed by atoms with E-state index in [4.69, 9.17) is 17.3 Å². The van der Waals surface area contributed by atoms with E-state index in [-0.39, 0.29) is 5.69 Å². The van der Waals surface area contributed by atoms with Crippen molar-refractivity contribution in [1.82, 2.24) is 15.2 Å². The number of aliphatic imine (C=N–C) groups is 1. The minimum absolute atomic E-state index is 0.0882. The summed E-state index contributed by atoms with van der Waals surface area (Å²) in [7, 11) is 1.45. The number of amidine groups is 1. The van der Waals surface area contributed by atoms with Crippen LogP contribution in [0.2, 0.25) is 5.02 Å². The molecule has 0 radical (unpaired) electrons. The molecule has 0 fully saturated rings. The summed E-state index contributed by atoms with van der Waals surface area (Å²) < 4.78 is 44.7. The predicted molar refractivity (Wildman–Crippen MR) is 106 cm³/mol. The first-order chi connectivity index (χ1) is 14.3. The van der Waals surface area contributed by atoms with Crippen LogP contribution in [-0.2, 0) is 9.53 Å². The van der Waals surface area contributed by atoms with Crippen molar-refractivity contribution >= 4 is 29.4 Å². The lowest BCUT2D eigenvalue weighted by Crippen LogP contribution is -2.57. The van der Waals surface area contributed by atoms with E-state index < -0.39 is 53.9 Å². The number of aromatic nitrogens is 1. The van der Waals surface area contributed by atoms with Gasteiger partial charge in [0, 0.05) is 37.5 Å². The highest BCUT2D eigenvalue weighted by atomic mass is 35.5. The van der Waals surface area contributed by atoms with Crippen molar-refractivity contribution in [3.8, 4) is 0 Å². The summed E-state index contributed by atoms with van der Waals surface area (Å²) in [6.45, 7) is 3.06. The summed E-state index contributed by atoms with van der Waals surface area (Å²) >= 11 is 5.78. The summed E-state index contributed by atoms with van der Waals surface area (Å²) in [6, 6.07) is 2.29. The molecule has 12 heteroatoms. The number of carbonyl (C=O) groups is 2. The van der Waals surface area contributed by atoms with Gasteiger partial charge in [0.15, 0.2) is 6.10 Å². The molecule has 8 nitrogen and oxygen atoms in total. The molecule has 2 aliphatic heterocycles. The molecule has 0 aromatic carbocycles. The second-order valence-electron chi connectivity index (χ2n) is 7.78. The lowest BCUT2D eigenvalue weighted by molar-refractivity contribution is -0.210. The number of nitrogens with one attached hydrogen (secondary N) is 1. The molecule has 3 N–H and O–H groups in total. The minimum atomic E-state index is -4.68. The first-order valence-electron chi connectivity index (χ1n) is 9.32. The molecule has 168 valence electrons. The number of ether oxygens (including phenoxy) is 1. The molecule has 4 atom stereocenters. The predicted octanol–water partition coefficient (Wildman–Crippen LogP) is 2.46. The molecule has 2 amide bonds. The molecule has 3 rings (SSSR count). The summed E-state index contributed by atoms with van der Waals surface area (Å²) in [5.41, 5.74) is 4.45. The fourth-order valence-electron chi connectivity index (χ4n) is 3.92. The molecule has 0 bridgehead atoms. The SMILES string of the molecule is CC1C(NC(=O)c2ccc(Cl)cn2)=CN(C)C(=O)C1[C@]1(C)C[C@@H](C(F)(F)F)OC(N)=N1. The van der Waals surface area contributed by atoms with E-state index >= 15 is 0 Å². The average Bonchev–Trinajstić information content (AvgIpc) is 2.65. The molecule has 0 spiro atoms. The summed E-state index contributed by atoms with van der Waals surface area (Å²) in [4.78, 5) is 34.8. The maximum atomic E-state index is 13.3. The van der Waals surface area contributed by atoms with E-state index in [0.29, 0.717) is 10.7 Å². The molecule has 0 saturated heterocycles. The van der Waals surface area contributed by atoms with Gasteiger partial charge in [-0.2, -0.15) is 13.2 Å². The summed E-state index contributed by atoms with van der Waals surface area (Å²) in [5, 5.41) is 3.04. The van der Waals surface area contributed by atoms with E-state index in [1.54, 1.807) is 6.92 Å². The zero-order chi connectivity index (χ0) is 23.1. The maximum Gasteiger partial charge on any atom is 0.425 e. The Morgan fingerprint density at radius 2 is 2.10 bits per heavy atom. The van der Waals surface area contributed by atoms with Crippen molar-refractivity contribution in [3.05, 3.63) is 40.9 Å². The standard InChI is InChI=1S/C19H21ClF3N5O3/c1-9-12(26-15(29)11-5-4-10(20)7-25-11)8-28(3)16(30)14(9)18(2)6-13(19(21,22)23)31-17(24)27-18/h4-5,7-9,13-14H,6H2,1-3H3,(H2,24,27)(H,26,29)/t9?,13-,14?,18-/m0/s1. The Bertz CT molecular complexity index is 950. The number of allylic oxidation sites excluding steroid dienone is 1. The van der Waals surface area contributed by atoms with E-state index in [2.05, 4.69) is 20.0 Å². The first kappa shape index (κ1) is 22.9. The second-order valence-corrected chi connectivity index (χ2v) is 8.21. The van der Waals surface area contributed by atoms with Gasteiger partial charge in [-0.05, 0) is 19.1 Å². The van der Waals surface area contributed by atoms with Gasteiger partial charge in [-0.3, -0.25) is 9.59 Å². The Balaban J connectivity index is 1.91. The van der Waals surface area contributed by atoms with Gasteiger partial charge >= 0.3 is 6.18 Å². The molecule has 31 heavy (non-hydrogen) atoms. The third-order valence-corrected chi connectivity index (χ3v) is 5.64. The van der Waals surface area contributed by atoms with Crippen LogP contribution in [0, 0.1) is 11.8 Å². The smallest absolute Gasteiger partial charge is 0.425 e. The lowest BCUT2D eigenvalue weighted by atomic mass is 9.71. The average molecular weight is 460 g/mol. The number of nitrogens with two attached hydrogens (primary N) is 1. The molecular weight excluding hydrogens is 439 g/mol. The molecule has 0 aliphatic carbocycles. The number of halogens is 4. The molecule has 3 heterocycles. The van der Waals surface area contributed by atoms with E-state index in [1.807, 2.05) is 0 Å². The molecular formula is C19H21ClF3N5O3. The Morgan fingerprint density at radius 3 is 2.68 bits per heavy atom. The normalized spacial score (nSPS) is 29.1. The van der Waals surface area contributed by atoms with Crippen LogP contribution in [0.4, 0.5) is 13.2 Å². The Hall–Kier alpha value is -2.82. The van der Waals surface area contributed by atoms with Gasteiger partial charge in [-0.15, -0.1) is 0 Å². The van der Waals surface area contributed by atoms with Crippen LogP contribution < -0.4 is 11.1 Å². The van der Waals surface area contributed by atoms with Crippen molar-refractivity contribution in [1.29, 1.82) is 0 Å². The fraction of sp³-hybridized carbons (Fsp3) is 0.474. The minimum Gasteiger partial charge on any atom is -0.452 e. The van der Waals surface area contributed by atoms with Crippen LogP contribution in [0.1, 0.15) is 30.8 Å². The van der Waals surface area contributed by atoms with Crippen LogP contribution in [-0.4, -0.2) is 52.6 Å². The van der Waals surface area contributed by atoms with E-state index in [9.17, 15) is 22.8 Å². The topological polar surface area (TPSA) is 110 Å².